The van der Waals surface area contributed by atoms with Crippen molar-refractivity contribution >= 4 is 5.91 Å². The van der Waals surface area contributed by atoms with Gasteiger partial charge in [-0.2, -0.15) is 0 Å². The van der Waals surface area contributed by atoms with E-state index < -0.39 is 0 Å². The number of piperazine rings is 2. The van der Waals surface area contributed by atoms with Gasteiger partial charge in [0.25, 0.3) is 0 Å². The molecule has 0 bridgehead atoms. The Balaban J connectivity index is 1.34. The molecule has 19 heavy (non-hydrogen) atoms. The maximum absolute atomic E-state index is 12.1. The Labute approximate surface area is 115 Å². The fourth-order valence-electron chi connectivity index (χ4n) is 3.12. The van der Waals surface area contributed by atoms with Crippen LogP contribution in [0.5, 0.6) is 0 Å². The number of hydrogen-bond donors (Lipinski definition) is 1. The van der Waals surface area contributed by atoms with Gasteiger partial charge in [-0.3, -0.25) is 9.69 Å². The lowest BCUT2D eigenvalue weighted by Gasteiger charge is -2.35. The Bertz CT molecular complexity index is 305. The third-order valence-electron chi connectivity index (χ3n) is 4.58. The quantitative estimate of drug-likeness (QED) is 0.751. The van der Waals surface area contributed by atoms with Gasteiger partial charge in [0.05, 0.1) is 0 Å². The van der Waals surface area contributed by atoms with E-state index in [-0.39, 0.29) is 0 Å². The summed E-state index contributed by atoms with van der Waals surface area (Å²) in [6, 6.07) is 0.893. The summed E-state index contributed by atoms with van der Waals surface area (Å²) in [5.74, 6) is 0.339. The molecule has 0 unspecified atom stereocenters. The highest BCUT2D eigenvalue weighted by Crippen LogP contribution is 2.27. The Morgan fingerprint density at radius 2 is 1.68 bits per heavy atom. The predicted octanol–water partition coefficient (Wildman–Crippen LogP) is -0.412. The SMILES string of the molecule is O=C(CCN1CCN(C2CC2)CC1)N1CCNCC1. The smallest absolute Gasteiger partial charge is 0.223 e. The van der Waals surface area contributed by atoms with Gasteiger partial charge in [0.15, 0.2) is 0 Å². The number of nitrogens with zero attached hydrogens (tertiary/aromatic N) is 3. The van der Waals surface area contributed by atoms with Crippen LogP contribution in [0.1, 0.15) is 19.3 Å². The maximum atomic E-state index is 12.1. The Morgan fingerprint density at radius 3 is 2.32 bits per heavy atom. The van der Waals surface area contributed by atoms with E-state index in [1.807, 2.05) is 4.90 Å². The lowest BCUT2D eigenvalue weighted by molar-refractivity contribution is -0.132. The van der Waals surface area contributed by atoms with E-state index in [4.69, 9.17) is 0 Å². The molecule has 1 saturated carbocycles. The van der Waals surface area contributed by atoms with Gasteiger partial charge in [-0.1, -0.05) is 0 Å². The molecule has 0 aromatic rings. The molecule has 1 aliphatic carbocycles. The number of carbonyl (C=O) groups excluding carboxylic acids is 1. The van der Waals surface area contributed by atoms with Crippen molar-refractivity contribution in [3.05, 3.63) is 0 Å². The van der Waals surface area contributed by atoms with Crippen molar-refractivity contribution < 1.29 is 4.79 Å². The summed E-state index contributed by atoms with van der Waals surface area (Å²) in [5, 5.41) is 3.29. The molecule has 3 fully saturated rings. The zero-order valence-electron chi connectivity index (χ0n) is 11.8. The summed E-state index contributed by atoms with van der Waals surface area (Å²) < 4.78 is 0. The van der Waals surface area contributed by atoms with E-state index >= 15 is 0 Å². The van der Waals surface area contributed by atoms with Gasteiger partial charge in [0.2, 0.25) is 5.91 Å². The molecule has 1 amide bonds. The van der Waals surface area contributed by atoms with E-state index in [2.05, 4.69) is 15.1 Å². The van der Waals surface area contributed by atoms with Crippen LogP contribution in [0.2, 0.25) is 0 Å². The maximum Gasteiger partial charge on any atom is 0.223 e. The van der Waals surface area contributed by atoms with Crippen LogP contribution >= 0.6 is 0 Å². The van der Waals surface area contributed by atoms with E-state index in [0.717, 1.165) is 51.9 Å². The van der Waals surface area contributed by atoms with Gasteiger partial charge < -0.3 is 15.1 Å². The normalized spacial score (nSPS) is 26.6. The molecule has 0 radical (unpaired) electrons. The molecule has 0 atom stereocenters. The standard InChI is InChI=1S/C14H26N4O/c19-14(18-7-4-15-5-8-18)3-6-16-9-11-17(12-10-16)13-1-2-13/h13,15H,1-12H2. The first kappa shape index (κ1) is 13.3. The molecule has 0 spiro atoms. The van der Waals surface area contributed by atoms with Crippen molar-refractivity contribution in [1.29, 1.82) is 0 Å². The molecule has 3 aliphatic rings. The highest BCUT2D eigenvalue weighted by molar-refractivity contribution is 5.76. The van der Waals surface area contributed by atoms with E-state index in [9.17, 15) is 4.79 Å². The molecule has 2 heterocycles. The second-order valence-corrected chi connectivity index (χ2v) is 5.99. The zero-order chi connectivity index (χ0) is 13.1. The number of amides is 1. The second-order valence-electron chi connectivity index (χ2n) is 5.99. The molecule has 1 N–H and O–H groups in total. The van der Waals surface area contributed by atoms with Crippen LogP contribution in [0.15, 0.2) is 0 Å². The Kier molecular flexibility index (Phi) is 4.35. The minimum Gasteiger partial charge on any atom is -0.340 e. The summed E-state index contributed by atoms with van der Waals surface area (Å²) in [6.45, 7) is 9.30. The second kappa shape index (κ2) is 6.20. The molecule has 0 aromatic heterocycles. The van der Waals surface area contributed by atoms with Gasteiger partial charge in [0.1, 0.15) is 0 Å². The first-order valence-electron chi connectivity index (χ1n) is 7.78. The molecule has 3 rings (SSSR count). The van der Waals surface area contributed by atoms with Crippen molar-refractivity contribution in [3.8, 4) is 0 Å². The zero-order valence-corrected chi connectivity index (χ0v) is 11.8. The van der Waals surface area contributed by atoms with Crippen molar-refractivity contribution in [1.82, 2.24) is 20.0 Å². The largest absolute Gasteiger partial charge is 0.340 e. The van der Waals surface area contributed by atoms with Gasteiger partial charge in [-0.05, 0) is 12.8 Å². The molecule has 108 valence electrons. The topological polar surface area (TPSA) is 38.8 Å². The Morgan fingerprint density at radius 1 is 1.00 bits per heavy atom. The van der Waals surface area contributed by atoms with Gasteiger partial charge in [0, 0.05) is 71.4 Å². The number of rotatable bonds is 4. The average molecular weight is 266 g/mol. The first-order chi connectivity index (χ1) is 9.33. The van der Waals surface area contributed by atoms with E-state index in [1.165, 1.54) is 25.9 Å². The summed E-state index contributed by atoms with van der Waals surface area (Å²) in [5.41, 5.74) is 0. The van der Waals surface area contributed by atoms with Gasteiger partial charge in [-0.15, -0.1) is 0 Å². The molecule has 0 aromatic carbocycles. The molecule has 5 nitrogen and oxygen atoms in total. The lowest BCUT2D eigenvalue weighted by atomic mass is 10.2. The molecule has 2 saturated heterocycles. The van der Waals surface area contributed by atoms with Crippen LogP contribution in [0.4, 0.5) is 0 Å². The van der Waals surface area contributed by atoms with Crippen LogP contribution in [0, 0.1) is 0 Å². The van der Waals surface area contributed by atoms with E-state index in [1.54, 1.807) is 0 Å². The van der Waals surface area contributed by atoms with Crippen LogP contribution in [0.3, 0.4) is 0 Å². The fraction of sp³-hybridized carbons (Fsp3) is 0.929. The highest BCUT2D eigenvalue weighted by atomic mass is 16.2. The summed E-state index contributed by atoms with van der Waals surface area (Å²) in [4.78, 5) is 19.2. The third-order valence-corrected chi connectivity index (χ3v) is 4.58. The number of carbonyl (C=O) groups is 1. The molecular weight excluding hydrogens is 240 g/mol. The summed E-state index contributed by atoms with van der Waals surface area (Å²) in [7, 11) is 0. The van der Waals surface area contributed by atoms with E-state index in [0.29, 0.717) is 12.3 Å². The summed E-state index contributed by atoms with van der Waals surface area (Å²) >= 11 is 0. The number of hydrogen-bond acceptors (Lipinski definition) is 4. The minimum atomic E-state index is 0.339. The van der Waals surface area contributed by atoms with Crippen molar-refractivity contribution in [2.45, 2.75) is 25.3 Å². The van der Waals surface area contributed by atoms with Crippen LogP contribution in [0.25, 0.3) is 0 Å². The monoisotopic (exact) mass is 266 g/mol. The predicted molar refractivity (Wildman–Crippen MR) is 75.1 cm³/mol. The lowest BCUT2D eigenvalue weighted by Crippen LogP contribution is -2.49. The van der Waals surface area contributed by atoms with Crippen LogP contribution in [-0.4, -0.2) is 85.6 Å². The summed E-state index contributed by atoms with van der Waals surface area (Å²) in [6.07, 6.45) is 3.51. The van der Waals surface area contributed by atoms with Crippen LogP contribution < -0.4 is 5.32 Å². The molecular formula is C14H26N4O. The average Bonchev–Trinajstić information content (AvgIpc) is 3.31. The van der Waals surface area contributed by atoms with Crippen molar-refractivity contribution in [2.75, 3.05) is 58.9 Å². The Hall–Kier alpha value is -0.650. The van der Waals surface area contributed by atoms with Gasteiger partial charge >= 0.3 is 0 Å². The highest BCUT2D eigenvalue weighted by Gasteiger charge is 2.31. The minimum absolute atomic E-state index is 0.339. The molecule has 2 aliphatic heterocycles. The third kappa shape index (κ3) is 3.68. The van der Waals surface area contributed by atoms with Crippen molar-refractivity contribution in [3.63, 3.8) is 0 Å². The number of nitrogens with one attached hydrogen (secondary N) is 1. The van der Waals surface area contributed by atoms with Gasteiger partial charge in [-0.25, -0.2) is 0 Å². The van der Waals surface area contributed by atoms with Crippen molar-refractivity contribution in [2.24, 2.45) is 0 Å². The fourth-order valence-corrected chi connectivity index (χ4v) is 3.12. The van der Waals surface area contributed by atoms with Crippen LogP contribution in [-0.2, 0) is 4.79 Å². The first-order valence-corrected chi connectivity index (χ1v) is 7.78. The molecule has 5 heteroatoms.